The zero-order valence-electron chi connectivity index (χ0n) is 9.78. The summed E-state index contributed by atoms with van der Waals surface area (Å²) in [6.07, 6.45) is 3.97. The van der Waals surface area contributed by atoms with Gasteiger partial charge in [0.1, 0.15) is 0 Å². The number of fused-ring (bicyclic) bond motifs is 1. The lowest BCUT2D eigenvalue weighted by Gasteiger charge is -2.34. The largest absolute Gasteiger partial charge is 0.342 e. The molecule has 2 unspecified atom stereocenters. The third-order valence-electron chi connectivity index (χ3n) is 3.58. The molecule has 2 saturated heterocycles. The minimum atomic E-state index is 0. The molecule has 2 rings (SSSR count). The molecule has 0 saturated carbocycles. The molecule has 0 bridgehead atoms. The van der Waals surface area contributed by atoms with E-state index in [1.807, 2.05) is 0 Å². The van der Waals surface area contributed by atoms with Crippen LogP contribution < -0.4 is 5.32 Å². The molecule has 5 heteroatoms. The normalized spacial score (nSPS) is 28.4. The standard InChI is InChI=1S/C11H20N2OS.ClH/c1-15-5-3-11(14)13-4-2-9-6-12-7-10(9)8-13;/h9-10,12H,2-8H2,1H3;1H. The maximum absolute atomic E-state index is 11.8. The Balaban J connectivity index is 0.00000128. The highest BCUT2D eigenvalue weighted by molar-refractivity contribution is 7.98. The highest BCUT2D eigenvalue weighted by Gasteiger charge is 2.33. The Bertz CT molecular complexity index is 240. The average Bonchev–Trinajstić information content (AvgIpc) is 2.72. The molecule has 1 N–H and O–H groups in total. The predicted molar refractivity (Wildman–Crippen MR) is 71.3 cm³/mol. The van der Waals surface area contributed by atoms with Crippen molar-refractivity contribution in [2.75, 3.05) is 38.2 Å². The summed E-state index contributed by atoms with van der Waals surface area (Å²) in [5.41, 5.74) is 0. The van der Waals surface area contributed by atoms with Crippen LogP contribution in [0, 0.1) is 11.8 Å². The van der Waals surface area contributed by atoms with Gasteiger partial charge in [-0.25, -0.2) is 0 Å². The third-order valence-corrected chi connectivity index (χ3v) is 4.19. The van der Waals surface area contributed by atoms with Crippen LogP contribution in [-0.2, 0) is 4.79 Å². The number of hydrogen-bond acceptors (Lipinski definition) is 3. The molecule has 0 aromatic carbocycles. The second-order valence-corrected chi connectivity index (χ2v) is 5.54. The van der Waals surface area contributed by atoms with Crippen molar-refractivity contribution in [3.8, 4) is 0 Å². The SMILES string of the molecule is CSCCC(=O)N1CCC2CNCC2C1.Cl. The minimum absolute atomic E-state index is 0. The maximum atomic E-state index is 11.8. The number of thioether (sulfide) groups is 1. The lowest BCUT2D eigenvalue weighted by atomic mass is 9.88. The maximum Gasteiger partial charge on any atom is 0.223 e. The Morgan fingerprint density at radius 1 is 1.44 bits per heavy atom. The Morgan fingerprint density at radius 3 is 2.94 bits per heavy atom. The number of nitrogens with zero attached hydrogens (tertiary/aromatic N) is 1. The van der Waals surface area contributed by atoms with Crippen molar-refractivity contribution in [1.29, 1.82) is 0 Å². The van der Waals surface area contributed by atoms with E-state index in [9.17, 15) is 4.79 Å². The number of rotatable bonds is 3. The van der Waals surface area contributed by atoms with Gasteiger partial charge in [0.05, 0.1) is 0 Å². The first kappa shape index (κ1) is 14.1. The Kier molecular flexibility index (Phi) is 5.94. The van der Waals surface area contributed by atoms with Gasteiger partial charge in [0.15, 0.2) is 0 Å². The van der Waals surface area contributed by atoms with E-state index >= 15 is 0 Å². The molecule has 2 fully saturated rings. The monoisotopic (exact) mass is 264 g/mol. The molecule has 2 atom stereocenters. The fraction of sp³-hybridized carbons (Fsp3) is 0.909. The van der Waals surface area contributed by atoms with Crippen LogP contribution in [0.1, 0.15) is 12.8 Å². The Morgan fingerprint density at radius 2 is 2.19 bits per heavy atom. The van der Waals surface area contributed by atoms with Gasteiger partial charge < -0.3 is 10.2 Å². The Labute approximate surface area is 108 Å². The van der Waals surface area contributed by atoms with E-state index in [0.717, 1.165) is 43.8 Å². The van der Waals surface area contributed by atoms with Crippen molar-refractivity contribution >= 4 is 30.1 Å². The average molecular weight is 265 g/mol. The summed E-state index contributed by atoms with van der Waals surface area (Å²) in [7, 11) is 0. The summed E-state index contributed by atoms with van der Waals surface area (Å²) < 4.78 is 0. The van der Waals surface area contributed by atoms with Crippen LogP contribution in [0.5, 0.6) is 0 Å². The summed E-state index contributed by atoms with van der Waals surface area (Å²) in [6.45, 7) is 4.25. The fourth-order valence-corrected chi connectivity index (χ4v) is 2.99. The van der Waals surface area contributed by atoms with E-state index in [4.69, 9.17) is 0 Å². The summed E-state index contributed by atoms with van der Waals surface area (Å²) in [4.78, 5) is 13.9. The van der Waals surface area contributed by atoms with E-state index in [1.165, 1.54) is 6.42 Å². The van der Waals surface area contributed by atoms with Gasteiger partial charge in [-0.1, -0.05) is 0 Å². The van der Waals surface area contributed by atoms with Crippen molar-refractivity contribution < 1.29 is 4.79 Å². The first-order chi connectivity index (χ1) is 7.31. The molecular weight excluding hydrogens is 244 g/mol. The highest BCUT2D eigenvalue weighted by atomic mass is 35.5. The smallest absolute Gasteiger partial charge is 0.223 e. The van der Waals surface area contributed by atoms with Gasteiger partial charge in [0.2, 0.25) is 5.91 Å². The second-order valence-electron chi connectivity index (χ2n) is 4.55. The Hall–Kier alpha value is 0.0700. The van der Waals surface area contributed by atoms with E-state index in [1.54, 1.807) is 11.8 Å². The number of carbonyl (C=O) groups excluding carboxylic acids is 1. The van der Waals surface area contributed by atoms with Gasteiger partial charge >= 0.3 is 0 Å². The number of likely N-dealkylation sites (tertiary alicyclic amines) is 1. The van der Waals surface area contributed by atoms with Crippen molar-refractivity contribution in [2.24, 2.45) is 11.8 Å². The molecule has 1 amide bonds. The minimum Gasteiger partial charge on any atom is -0.342 e. The van der Waals surface area contributed by atoms with Gasteiger partial charge in [-0.2, -0.15) is 11.8 Å². The van der Waals surface area contributed by atoms with Gasteiger partial charge in [0.25, 0.3) is 0 Å². The molecule has 0 spiro atoms. The van der Waals surface area contributed by atoms with Crippen molar-refractivity contribution in [1.82, 2.24) is 10.2 Å². The molecule has 0 aromatic rings. The molecule has 0 radical (unpaired) electrons. The molecule has 94 valence electrons. The number of carbonyl (C=O) groups is 1. The molecule has 2 aliphatic heterocycles. The third kappa shape index (κ3) is 3.28. The zero-order valence-corrected chi connectivity index (χ0v) is 11.4. The van der Waals surface area contributed by atoms with Crippen molar-refractivity contribution in [3.05, 3.63) is 0 Å². The number of halogens is 1. The zero-order chi connectivity index (χ0) is 10.7. The summed E-state index contributed by atoms with van der Waals surface area (Å²) in [5, 5.41) is 3.42. The van der Waals surface area contributed by atoms with Crippen LogP contribution in [0.3, 0.4) is 0 Å². The number of piperidine rings is 1. The topological polar surface area (TPSA) is 32.3 Å². The molecule has 0 aliphatic carbocycles. The number of nitrogens with one attached hydrogen (secondary N) is 1. The van der Waals surface area contributed by atoms with E-state index < -0.39 is 0 Å². The van der Waals surface area contributed by atoms with Gasteiger partial charge in [0, 0.05) is 25.3 Å². The van der Waals surface area contributed by atoms with Crippen LogP contribution in [0.4, 0.5) is 0 Å². The van der Waals surface area contributed by atoms with Crippen LogP contribution in [-0.4, -0.2) is 49.0 Å². The molecule has 16 heavy (non-hydrogen) atoms. The fourth-order valence-electron chi connectivity index (χ4n) is 2.61. The summed E-state index contributed by atoms with van der Waals surface area (Å²) >= 11 is 1.75. The molecule has 2 heterocycles. The predicted octanol–water partition coefficient (Wildman–Crippen LogP) is 1.23. The number of amides is 1. The summed E-state index contributed by atoms with van der Waals surface area (Å²) in [5.74, 6) is 2.86. The van der Waals surface area contributed by atoms with Crippen LogP contribution in [0.15, 0.2) is 0 Å². The van der Waals surface area contributed by atoms with Crippen LogP contribution >= 0.6 is 24.2 Å². The first-order valence-corrected chi connectivity index (χ1v) is 7.18. The van der Waals surface area contributed by atoms with E-state index in [0.29, 0.717) is 12.3 Å². The number of hydrogen-bond donors (Lipinski definition) is 1. The van der Waals surface area contributed by atoms with Gasteiger partial charge in [-0.15, -0.1) is 12.4 Å². The van der Waals surface area contributed by atoms with Gasteiger partial charge in [-0.3, -0.25) is 4.79 Å². The highest BCUT2D eigenvalue weighted by Crippen LogP contribution is 2.26. The van der Waals surface area contributed by atoms with Crippen molar-refractivity contribution in [3.63, 3.8) is 0 Å². The molecule has 0 aromatic heterocycles. The van der Waals surface area contributed by atoms with Crippen LogP contribution in [0.2, 0.25) is 0 Å². The van der Waals surface area contributed by atoms with Crippen molar-refractivity contribution in [2.45, 2.75) is 12.8 Å². The lowest BCUT2D eigenvalue weighted by Crippen LogP contribution is -2.43. The van der Waals surface area contributed by atoms with Crippen LogP contribution in [0.25, 0.3) is 0 Å². The second kappa shape index (κ2) is 6.72. The molecule has 3 nitrogen and oxygen atoms in total. The first-order valence-electron chi connectivity index (χ1n) is 5.78. The quantitative estimate of drug-likeness (QED) is 0.832. The molecular formula is C11H21ClN2OS. The lowest BCUT2D eigenvalue weighted by molar-refractivity contribution is -0.132. The molecule has 2 aliphatic rings. The van der Waals surface area contributed by atoms with E-state index in [2.05, 4.69) is 16.5 Å². The van der Waals surface area contributed by atoms with E-state index in [-0.39, 0.29) is 12.4 Å². The van der Waals surface area contributed by atoms with Gasteiger partial charge in [-0.05, 0) is 37.6 Å². The summed E-state index contributed by atoms with van der Waals surface area (Å²) in [6, 6.07) is 0.